The number of halogens is 3. The summed E-state index contributed by atoms with van der Waals surface area (Å²) in [6.07, 6.45) is 0. The van der Waals surface area contributed by atoms with Gasteiger partial charge in [-0.1, -0.05) is 0 Å². The van der Waals surface area contributed by atoms with Crippen molar-refractivity contribution in [3.8, 4) is 0 Å². The number of hydrogen-bond acceptors (Lipinski definition) is 3. The summed E-state index contributed by atoms with van der Waals surface area (Å²) in [6, 6.07) is 1.57. The Hall–Kier alpha value is -0.530. The van der Waals surface area contributed by atoms with Crippen LogP contribution in [0.3, 0.4) is 0 Å². The average Bonchev–Trinajstić information content (AvgIpc) is 2.61. The minimum absolute atomic E-state index is 0.361. The Morgan fingerprint density at radius 3 is 2.80 bits per heavy atom. The lowest BCUT2D eigenvalue weighted by Gasteiger charge is -2.13. The highest BCUT2D eigenvalue weighted by atomic mass is 79.9. The highest BCUT2D eigenvalue weighted by Crippen LogP contribution is 2.20. The molecule has 7 heteroatoms. The second-order valence-electron chi connectivity index (χ2n) is 2.88. The number of carbonyl (C=O) groups excluding carboxylic acids is 1. The fraction of sp³-hybridized carbons (Fsp3) is 0.375. The summed E-state index contributed by atoms with van der Waals surface area (Å²) in [5.41, 5.74) is 5.19. The predicted octanol–water partition coefficient (Wildman–Crippen LogP) is 1.83. The van der Waals surface area contributed by atoms with Gasteiger partial charge < -0.3 is 11.1 Å². The summed E-state index contributed by atoms with van der Waals surface area (Å²) in [7, 11) is 0. The minimum Gasteiger partial charge on any atom is -0.346 e. The Morgan fingerprint density at radius 2 is 2.33 bits per heavy atom. The fourth-order valence-corrected chi connectivity index (χ4v) is 1.95. The molecule has 3 N–H and O–H groups in total. The molecule has 1 heterocycles. The van der Waals surface area contributed by atoms with Gasteiger partial charge in [0.05, 0.1) is 22.4 Å². The van der Waals surface area contributed by atoms with Crippen LogP contribution in [0, 0.1) is 0 Å². The molecule has 84 valence electrons. The number of thiophene rings is 1. The molecule has 0 saturated carbocycles. The molecule has 1 rings (SSSR count). The lowest BCUT2D eigenvalue weighted by Crippen LogP contribution is -2.41. The Labute approximate surface area is 97.8 Å². The van der Waals surface area contributed by atoms with Crippen molar-refractivity contribution >= 4 is 33.2 Å². The Balaban J connectivity index is 2.50. The highest BCUT2D eigenvalue weighted by molar-refractivity contribution is 9.11. The van der Waals surface area contributed by atoms with Gasteiger partial charge in [-0.25, -0.2) is 8.78 Å². The number of carbonyl (C=O) groups is 1. The lowest BCUT2D eigenvalue weighted by atomic mass is 10.3. The molecule has 0 spiro atoms. The zero-order chi connectivity index (χ0) is 11.5. The maximum absolute atomic E-state index is 12.7. The number of nitrogens with one attached hydrogen (secondary N) is 1. The van der Waals surface area contributed by atoms with Crippen LogP contribution in [0.25, 0.3) is 0 Å². The van der Waals surface area contributed by atoms with Crippen molar-refractivity contribution in [2.45, 2.75) is 5.92 Å². The molecule has 0 bridgehead atoms. The van der Waals surface area contributed by atoms with E-state index in [0.29, 0.717) is 5.56 Å². The quantitative estimate of drug-likeness (QED) is 0.891. The molecule has 0 unspecified atom stereocenters. The first-order valence-electron chi connectivity index (χ1n) is 4.05. The normalized spacial score (nSPS) is 11.5. The van der Waals surface area contributed by atoms with Gasteiger partial charge >= 0.3 is 0 Å². The van der Waals surface area contributed by atoms with Gasteiger partial charge in [-0.2, -0.15) is 0 Å². The number of alkyl halides is 2. The predicted molar refractivity (Wildman–Crippen MR) is 58.4 cm³/mol. The smallest absolute Gasteiger partial charge is 0.277 e. The highest BCUT2D eigenvalue weighted by Gasteiger charge is 2.27. The SMILES string of the molecule is NCC(F)(F)CNC(=O)c1csc(Br)c1. The molecule has 0 aliphatic rings. The van der Waals surface area contributed by atoms with E-state index in [9.17, 15) is 13.6 Å². The van der Waals surface area contributed by atoms with Gasteiger partial charge in [-0.15, -0.1) is 11.3 Å². The molecule has 1 aromatic rings. The van der Waals surface area contributed by atoms with E-state index >= 15 is 0 Å². The van der Waals surface area contributed by atoms with Gasteiger partial charge in [-0.3, -0.25) is 4.79 Å². The third kappa shape index (κ3) is 3.84. The van der Waals surface area contributed by atoms with Crippen molar-refractivity contribution < 1.29 is 13.6 Å². The van der Waals surface area contributed by atoms with E-state index in [1.54, 1.807) is 11.4 Å². The van der Waals surface area contributed by atoms with Gasteiger partial charge in [0, 0.05) is 5.38 Å². The third-order valence-electron chi connectivity index (χ3n) is 1.64. The number of hydrogen-bond donors (Lipinski definition) is 2. The van der Waals surface area contributed by atoms with E-state index in [0.717, 1.165) is 3.79 Å². The molecular weight excluding hydrogens is 290 g/mol. The molecule has 3 nitrogen and oxygen atoms in total. The standard InChI is InChI=1S/C8H9BrF2N2OS/c9-6-1-5(2-15-6)7(14)13-4-8(10,11)3-12/h1-2H,3-4,12H2,(H,13,14). The number of amides is 1. The van der Waals surface area contributed by atoms with E-state index < -0.39 is 24.9 Å². The fourth-order valence-electron chi connectivity index (χ4n) is 0.813. The van der Waals surface area contributed by atoms with Crippen LogP contribution < -0.4 is 11.1 Å². The zero-order valence-electron chi connectivity index (χ0n) is 7.60. The van der Waals surface area contributed by atoms with Gasteiger partial charge in [0.25, 0.3) is 11.8 Å². The van der Waals surface area contributed by atoms with Crippen LogP contribution in [0.4, 0.5) is 8.78 Å². The molecule has 0 atom stereocenters. The summed E-state index contributed by atoms with van der Waals surface area (Å²) >= 11 is 4.49. The van der Waals surface area contributed by atoms with Gasteiger partial charge in [0.15, 0.2) is 0 Å². The zero-order valence-corrected chi connectivity index (χ0v) is 10.00. The first kappa shape index (κ1) is 12.5. The molecule has 0 radical (unpaired) electrons. The van der Waals surface area contributed by atoms with Crippen molar-refractivity contribution in [3.63, 3.8) is 0 Å². The second-order valence-corrected chi connectivity index (χ2v) is 5.17. The topological polar surface area (TPSA) is 55.1 Å². The van der Waals surface area contributed by atoms with E-state index in [1.165, 1.54) is 11.3 Å². The first-order chi connectivity index (χ1) is 6.94. The van der Waals surface area contributed by atoms with Crippen molar-refractivity contribution in [1.82, 2.24) is 5.32 Å². The summed E-state index contributed by atoms with van der Waals surface area (Å²) in [6.45, 7) is -1.52. The molecule has 0 saturated heterocycles. The van der Waals surface area contributed by atoms with Crippen molar-refractivity contribution in [2.24, 2.45) is 5.73 Å². The van der Waals surface area contributed by atoms with Crippen LogP contribution in [0.5, 0.6) is 0 Å². The van der Waals surface area contributed by atoms with E-state index in [-0.39, 0.29) is 0 Å². The van der Waals surface area contributed by atoms with Crippen LogP contribution in [-0.4, -0.2) is 24.9 Å². The number of rotatable bonds is 4. The van der Waals surface area contributed by atoms with Gasteiger partial charge in [0.2, 0.25) is 0 Å². The molecule has 1 aromatic heterocycles. The van der Waals surface area contributed by atoms with E-state index in [2.05, 4.69) is 21.2 Å². The number of nitrogens with two attached hydrogens (primary N) is 1. The van der Waals surface area contributed by atoms with Crippen LogP contribution in [-0.2, 0) is 0 Å². The maximum atomic E-state index is 12.7. The molecule has 0 aliphatic heterocycles. The van der Waals surface area contributed by atoms with Crippen LogP contribution >= 0.6 is 27.3 Å². The molecule has 15 heavy (non-hydrogen) atoms. The molecule has 0 aliphatic carbocycles. The lowest BCUT2D eigenvalue weighted by molar-refractivity contribution is 0.0119. The van der Waals surface area contributed by atoms with Gasteiger partial charge in [0.1, 0.15) is 0 Å². The molecule has 0 fully saturated rings. The molecular formula is C8H9BrF2N2OS. The van der Waals surface area contributed by atoms with Crippen molar-refractivity contribution in [3.05, 3.63) is 20.8 Å². The summed E-state index contributed by atoms with van der Waals surface area (Å²) in [5.74, 6) is -3.58. The Bertz CT molecular complexity index is 356. The molecule has 1 amide bonds. The third-order valence-corrected chi connectivity index (χ3v) is 3.14. The summed E-state index contributed by atoms with van der Waals surface area (Å²) in [5, 5.41) is 3.70. The Kier molecular flexibility index (Phi) is 4.18. The summed E-state index contributed by atoms with van der Waals surface area (Å²) < 4.78 is 26.2. The van der Waals surface area contributed by atoms with Crippen LogP contribution in [0.1, 0.15) is 10.4 Å². The molecule has 0 aromatic carbocycles. The largest absolute Gasteiger partial charge is 0.346 e. The monoisotopic (exact) mass is 298 g/mol. The van der Waals surface area contributed by atoms with Crippen LogP contribution in [0.2, 0.25) is 0 Å². The second kappa shape index (κ2) is 5.00. The van der Waals surface area contributed by atoms with Crippen LogP contribution in [0.15, 0.2) is 15.2 Å². The average molecular weight is 299 g/mol. The van der Waals surface area contributed by atoms with E-state index in [1.807, 2.05) is 0 Å². The Morgan fingerprint density at radius 1 is 1.67 bits per heavy atom. The maximum Gasteiger partial charge on any atom is 0.277 e. The summed E-state index contributed by atoms with van der Waals surface area (Å²) in [4.78, 5) is 11.3. The first-order valence-corrected chi connectivity index (χ1v) is 5.72. The minimum atomic E-state index is -3.05. The van der Waals surface area contributed by atoms with E-state index in [4.69, 9.17) is 5.73 Å². The van der Waals surface area contributed by atoms with Gasteiger partial charge in [-0.05, 0) is 22.0 Å². The van der Waals surface area contributed by atoms with Crippen molar-refractivity contribution in [2.75, 3.05) is 13.1 Å². The van der Waals surface area contributed by atoms with Crippen molar-refractivity contribution in [1.29, 1.82) is 0 Å².